The van der Waals surface area contributed by atoms with Gasteiger partial charge in [-0.25, -0.2) is 4.98 Å². The predicted octanol–water partition coefficient (Wildman–Crippen LogP) is 4.08. The second-order valence-corrected chi connectivity index (χ2v) is 6.31. The Labute approximate surface area is 160 Å². The van der Waals surface area contributed by atoms with Gasteiger partial charge in [0, 0.05) is 43.7 Å². The van der Waals surface area contributed by atoms with E-state index in [1.165, 1.54) is 12.1 Å². The lowest BCUT2D eigenvalue weighted by Gasteiger charge is -2.13. The van der Waals surface area contributed by atoms with Crippen molar-refractivity contribution >= 4 is 11.6 Å². The fourth-order valence-electron chi connectivity index (χ4n) is 2.76. The van der Waals surface area contributed by atoms with E-state index >= 15 is 0 Å². The van der Waals surface area contributed by atoms with Crippen LogP contribution in [-0.2, 0) is 19.8 Å². The van der Waals surface area contributed by atoms with Crippen LogP contribution in [0.15, 0.2) is 55.0 Å². The molecule has 146 valence electrons. The number of rotatable bonds is 5. The standard InChI is InChI=1S/C20H19F3N4O/c1-24-19(28)14-5-8-17(16(9-14)18-11-27(2)12-26-18)25-10-13-3-6-15(7-4-13)20(21,22)23/h3-9,11-12,25H,10H2,1-2H3,(H,24,28). The van der Waals surface area contributed by atoms with Crippen LogP contribution in [0.2, 0.25) is 0 Å². The van der Waals surface area contributed by atoms with Gasteiger partial charge in [-0.05, 0) is 35.9 Å². The van der Waals surface area contributed by atoms with Crippen LogP contribution in [0.1, 0.15) is 21.5 Å². The number of aromatic nitrogens is 2. The summed E-state index contributed by atoms with van der Waals surface area (Å²) in [6, 6.07) is 10.2. The highest BCUT2D eigenvalue weighted by Crippen LogP contribution is 2.30. The minimum Gasteiger partial charge on any atom is -0.380 e. The summed E-state index contributed by atoms with van der Waals surface area (Å²) in [5.41, 5.74) is 2.65. The molecule has 2 N–H and O–H groups in total. The molecule has 0 saturated heterocycles. The third-order valence-electron chi connectivity index (χ3n) is 4.25. The number of alkyl halides is 3. The second kappa shape index (κ2) is 7.75. The Bertz CT molecular complexity index is 978. The first-order chi connectivity index (χ1) is 13.3. The Morgan fingerprint density at radius 1 is 1.14 bits per heavy atom. The second-order valence-electron chi connectivity index (χ2n) is 6.31. The van der Waals surface area contributed by atoms with E-state index in [2.05, 4.69) is 15.6 Å². The number of imidazole rings is 1. The molecule has 0 saturated carbocycles. The molecule has 3 aromatic rings. The van der Waals surface area contributed by atoms with Gasteiger partial charge in [0.15, 0.2) is 0 Å². The first kappa shape index (κ1) is 19.5. The summed E-state index contributed by atoms with van der Waals surface area (Å²) in [5, 5.41) is 5.80. The molecule has 1 heterocycles. The first-order valence-corrected chi connectivity index (χ1v) is 8.52. The van der Waals surface area contributed by atoms with E-state index in [1.54, 1.807) is 36.1 Å². The van der Waals surface area contributed by atoms with Gasteiger partial charge in [-0.2, -0.15) is 13.2 Å². The average molecular weight is 388 g/mol. The SMILES string of the molecule is CNC(=O)c1ccc(NCc2ccc(C(F)(F)F)cc2)c(-c2cn(C)cn2)c1. The molecule has 5 nitrogen and oxygen atoms in total. The van der Waals surface area contributed by atoms with E-state index in [9.17, 15) is 18.0 Å². The van der Waals surface area contributed by atoms with E-state index in [0.717, 1.165) is 23.4 Å². The molecule has 0 atom stereocenters. The lowest BCUT2D eigenvalue weighted by atomic mass is 10.0. The van der Waals surface area contributed by atoms with Crippen LogP contribution in [-0.4, -0.2) is 22.5 Å². The summed E-state index contributed by atoms with van der Waals surface area (Å²) in [7, 11) is 3.40. The van der Waals surface area contributed by atoms with Crippen molar-refractivity contribution in [1.29, 1.82) is 0 Å². The van der Waals surface area contributed by atoms with E-state index in [4.69, 9.17) is 0 Å². The van der Waals surface area contributed by atoms with Crippen LogP contribution < -0.4 is 10.6 Å². The molecule has 1 aromatic heterocycles. The van der Waals surface area contributed by atoms with Gasteiger partial charge >= 0.3 is 6.18 Å². The van der Waals surface area contributed by atoms with Crippen molar-refractivity contribution in [2.75, 3.05) is 12.4 Å². The van der Waals surface area contributed by atoms with Crippen molar-refractivity contribution in [1.82, 2.24) is 14.9 Å². The third-order valence-corrected chi connectivity index (χ3v) is 4.25. The van der Waals surface area contributed by atoms with Crippen LogP contribution in [0.5, 0.6) is 0 Å². The molecule has 3 rings (SSSR count). The van der Waals surface area contributed by atoms with Crippen LogP contribution in [0.25, 0.3) is 11.3 Å². The van der Waals surface area contributed by atoms with Crippen molar-refractivity contribution in [2.24, 2.45) is 7.05 Å². The Morgan fingerprint density at radius 2 is 1.86 bits per heavy atom. The summed E-state index contributed by atoms with van der Waals surface area (Å²) in [6.45, 7) is 0.331. The van der Waals surface area contributed by atoms with Gasteiger partial charge in [0.1, 0.15) is 0 Å². The first-order valence-electron chi connectivity index (χ1n) is 8.52. The molecule has 8 heteroatoms. The molecular weight excluding hydrogens is 369 g/mol. The Balaban J connectivity index is 1.86. The summed E-state index contributed by atoms with van der Waals surface area (Å²) in [4.78, 5) is 16.3. The van der Waals surface area contributed by atoms with Crippen LogP contribution in [0.3, 0.4) is 0 Å². The van der Waals surface area contributed by atoms with Gasteiger partial charge in [0.05, 0.1) is 17.6 Å². The smallest absolute Gasteiger partial charge is 0.380 e. The number of hydrogen-bond acceptors (Lipinski definition) is 3. The largest absolute Gasteiger partial charge is 0.416 e. The van der Waals surface area contributed by atoms with Gasteiger partial charge in [-0.3, -0.25) is 4.79 Å². The third kappa shape index (κ3) is 4.33. The number of halogens is 3. The molecule has 0 radical (unpaired) electrons. The maximum Gasteiger partial charge on any atom is 0.416 e. The summed E-state index contributed by atoms with van der Waals surface area (Å²) >= 11 is 0. The zero-order valence-electron chi connectivity index (χ0n) is 15.3. The van der Waals surface area contributed by atoms with Crippen molar-refractivity contribution in [3.8, 4) is 11.3 Å². The molecular formula is C20H19F3N4O. The molecule has 0 bridgehead atoms. The van der Waals surface area contributed by atoms with Crippen molar-refractivity contribution in [3.63, 3.8) is 0 Å². The average Bonchev–Trinajstić information content (AvgIpc) is 3.11. The number of benzene rings is 2. The van der Waals surface area contributed by atoms with Crippen molar-refractivity contribution in [2.45, 2.75) is 12.7 Å². The molecule has 0 spiro atoms. The topological polar surface area (TPSA) is 59.0 Å². The zero-order valence-corrected chi connectivity index (χ0v) is 15.3. The number of aryl methyl sites for hydroxylation is 1. The predicted molar refractivity (Wildman–Crippen MR) is 101 cm³/mol. The number of nitrogens with zero attached hydrogens (tertiary/aromatic N) is 2. The monoisotopic (exact) mass is 388 g/mol. The Hall–Kier alpha value is -3.29. The Kier molecular flexibility index (Phi) is 5.39. The minimum atomic E-state index is -4.35. The highest BCUT2D eigenvalue weighted by molar-refractivity contribution is 5.96. The van der Waals surface area contributed by atoms with Gasteiger partial charge in [-0.15, -0.1) is 0 Å². The maximum absolute atomic E-state index is 12.7. The molecule has 0 aliphatic heterocycles. The number of anilines is 1. The van der Waals surface area contributed by atoms with E-state index in [-0.39, 0.29) is 5.91 Å². The highest BCUT2D eigenvalue weighted by Gasteiger charge is 2.29. The summed E-state index contributed by atoms with van der Waals surface area (Å²) in [5.74, 6) is -0.216. The minimum absolute atomic E-state index is 0.216. The lowest BCUT2D eigenvalue weighted by Crippen LogP contribution is -2.17. The molecule has 0 unspecified atom stereocenters. The molecule has 2 aromatic carbocycles. The molecule has 28 heavy (non-hydrogen) atoms. The summed E-state index contributed by atoms with van der Waals surface area (Å²) < 4.78 is 39.9. The number of amides is 1. The highest BCUT2D eigenvalue weighted by atomic mass is 19.4. The normalized spacial score (nSPS) is 11.3. The van der Waals surface area contributed by atoms with Crippen LogP contribution in [0, 0.1) is 0 Å². The number of hydrogen-bond donors (Lipinski definition) is 2. The molecule has 1 amide bonds. The zero-order chi connectivity index (χ0) is 20.3. The number of carbonyl (C=O) groups is 1. The van der Waals surface area contributed by atoms with Crippen LogP contribution >= 0.6 is 0 Å². The van der Waals surface area contributed by atoms with Gasteiger partial charge < -0.3 is 15.2 Å². The van der Waals surface area contributed by atoms with E-state index < -0.39 is 11.7 Å². The lowest BCUT2D eigenvalue weighted by molar-refractivity contribution is -0.137. The maximum atomic E-state index is 12.7. The van der Waals surface area contributed by atoms with Gasteiger partial charge in [-0.1, -0.05) is 12.1 Å². The number of carbonyl (C=O) groups excluding carboxylic acids is 1. The molecule has 0 aliphatic carbocycles. The van der Waals surface area contributed by atoms with E-state index in [1.807, 2.05) is 13.2 Å². The molecule has 0 fully saturated rings. The Morgan fingerprint density at radius 3 is 2.43 bits per heavy atom. The van der Waals surface area contributed by atoms with Crippen LogP contribution in [0.4, 0.5) is 18.9 Å². The quantitative estimate of drug-likeness (QED) is 0.693. The fourth-order valence-corrected chi connectivity index (χ4v) is 2.76. The van der Waals surface area contributed by atoms with Gasteiger partial charge in [0.25, 0.3) is 5.91 Å². The van der Waals surface area contributed by atoms with Crippen molar-refractivity contribution in [3.05, 3.63) is 71.7 Å². The van der Waals surface area contributed by atoms with Crippen molar-refractivity contribution < 1.29 is 18.0 Å². The molecule has 0 aliphatic rings. The summed E-state index contributed by atoms with van der Waals surface area (Å²) in [6.07, 6.45) is -0.873. The van der Waals surface area contributed by atoms with E-state index in [0.29, 0.717) is 23.4 Å². The fraction of sp³-hybridized carbons (Fsp3) is 0.200. The van der Waals surface area contributed by atoms with Gasteiger partial charge in [0.2, 0.25) is 0 Å². The number of nitrogens with one attached hydrogen (secondary N) is 2.